The van der Waals surface area contributed by atoms with Gasteiger partial charge in [0.2, 0.25) is 0 Å². The van der Waals surface area contributed by atoms with Crippen LogP contribution in [0, 0.1) is 0 Å². The van der Waals surface area contributed by atoms with E-state index < -0.39 is 0 Å². The van der Waals surface area contributed by atoms with E-state index >= 15 is 0 Å². The molecule has 4 rings (SSSR count). The lowest BCUT2D eigenvalue weighted by atomic mass is 10.1. The maximum absolute atomic E-state index is 13.1. The highest BCUT2D eigenvalue weighted by Gasteiger charge is 2.26. The minimum absolute atomic E-state index is 0.0916. The summed E-state index contributed by atoms with van der Waals surface area (Å²) in [4.78, 5) is 15.0. The fraction of sp³-hybridized carbons (Fsp3) is 0.158. The maximum atomic E-state index is 13.1. The number of halogens is 1. The molecule has 0 fully saturated rings. The Kier molecular flexibility index (Phi) is 4.09. The summed E-state index contributed by atoms with van der Waals surface area (Å²) < 4.78 is 7.19. The molecule has 0 bridgehead atoms. The van der Waals surface area contributed by atoms with Crippen molar-refractivity contribution in [3.05, 3.63) is 63.4 Å². The van der Waals surface area contributed by atoms with Crippen molar-refractivity contribution in [2.24, 2.45) is 0 Å². The predicted molar refractivity (Wildman–Crippen MR) is 107 cm³/mol. The molecule has 7 heteroatoms. The number of nitrogens with zero attached hydrogens (tertiary/aromatic N) is 2. The highest BCUT2D eigenvalue weighted by Crippen LogP contribution is 2.37. The normalized spacial score (nSPS) is 12.7. The van der Waals surface area contributed by atoms with Crippen LogP contribution in [0.4, 0.5) is 5.69 Å². The van der Waals surface area contributed by atoms with Crippen molar-refractivity contribution in [3.8, 4) is 11.5 Å². The van der Waals surface area contributed by atoms with Gasteiger partial charge in [0.15, 0.2) is 0 Å². The number of hydrogen-bond donors (Lipinski definition) is 1. The summed E-state index contributed by atoms with van der Waals surface area (Å²) in [6.07, 6.45) is 0. The molecule has 1 aliphatic rings. The summed E-state index contributed by atoms with van der Waals surface area (Å²) in [6, 6.07) is 12.7. The van der Waals surface area contributed by atoms with E-state index in [2.05, 4.69) is 0 Å². The molecule has 1 aromatic heterocycles. The number of thiocarbonyl (C=S) groups is 1. The lowest BCUT2D eigenvalue weighted by molar-refractivity contribution is 0.283. The average molecular weight is 387 g/mol. The first-order valence-electron chi connectivity index (χ1n) is 8.04. The van der Waals surface area contributed by atoms with Crippen LogP contribution in [0.5, 0.6) is 11.5 Å². The van der Waals surface area contributed by atoms with Gasteiger partial charge in [-0.25, -0.2) is 0 Å². The van der Waals surface area contributed by atoms with Gasteiger partial charge in [0.1, 0.15) is 28.7 Å². The van der Waals surface area contributed by atoms with Crippen LogP contribution in [0.1, 0.15) is 5.56 Å². The highest BCUT2D eigenvalue weighted by atomic mass is 35.5. The summed E-state index contributed by atoms with van der Waals surface area (Å²) in [5, 5.41) is 11.7. The van der Waals surface area contributed by atoms with Gasteiger partial charge in [-0.05, 0) is 18.2 Å². The number of rotatable bonds is 2. The second-order valence-corrected chi connectivity index (χ2v) is 6.85. The predicted octanol–water partition coefficient (Wildman–Crippen LogP) is 3.56. The van der Waals surface area contributed by atoms with Crippen LogP contribution in [0.3, 0.4) is 0 Å². The molecule has 26 heavy (non-hydrogen) atoms. The summed E-state index contributed by atoms with van der Waals surface area (Å²) in [6.45, 7) is 0.739. The number of aromatic nitrogens is 1. The highest BCUT2D eigenvalue weighted by molar-refractivity contribution is 7.81. The van der Waals surface area contributed by atoms with E-state index in [0.29, 0.717) is 34.8 Å². The molecular weight excluding hydrogens is 372 g/mol. The zero-order valence-electron chi connectivity index (χ0n) is 13.9. The Morgan fingerprint density at radius 2 is 2.04 bits per heavy atom. The van der Waals surface area contributed by atoms with Crippen molar-refractivity contribution < 1.29 is 9.84 Å². The van der Waals surface area contributed by atoms with Crippen molar-refractivity contribution in [1.82, 2.24) is 4.57 Å². The van der Waals surface area contributed by atoms with Crippen molar-refractivity contribution in [1.29, 1.82) is 0 Å². The smallest absolute Gasteiger partial charge is 0.265 e. The van der Waals surface area contributed by atoms with Gasteiger partial charge in [-0.2, -0.15) is 0 Å². The van der Waals surface area contributed by atoms with Gasteiger partial charge in [-0.1, -0.05) is 42.0 Å². The van der Waals surface area contributed by atoms with E-state index in [1.807, 2.05) is 30.3 Å². The lowest BCUT2D eigenvalue weighted by Gasteiger charge is -2.25. The van der Waals surface area contributed by atoms with Crippen LogP contribution in [0.25, 0.3) is 10.9 Å². The third-order valence-corrected chi connectivity index (χ3v) is 5.19. The minimum atomic E-state index is -0.338. The lowest BCUT2D eigenvalue weighted by Crippen LogP contribution is -2.36. The van der Waals surface area contributed by atoms with Gasteiger partial charge in [-0.3, -0.25) is 4.79 Å². The molecule has 5 nitrogen and oxygen atoms in total. The third kappa shape index (κ3) is 2.53. The summed E-state index contributed by atoms with van der Waals surface area (Å²) in [7, 11) is 1.77. The molecule has 3 aromatic rings. The average Bonchev–Trinajstić information content (AvgIpc) is 2.65. The van der Waals surface area contributed by atoms with E-state index in [1.165, 1.54) is 0 Å². The quantitative estimate of drug-likeness (QED) is 0.682. The molecule has 1 N–H and O–H groups in total. The fourth-order valence-electron chi connectivity index (χ4n) is 3.21. The second-order valence-electron chi connectivity index (χ2n) is 6.03. The molecule has 0 amide bonds. The van der Waals surface area contributed by atoms with Crippen LogP contribution < -0.4 is 15.2 Å². The third-order valence-electron chi connectivity index (χ3n) is 4.50. The number of aromatic hydroxyl groups is 1. The number of ether oxygens (including phenoxy) is 1. The van der Waals surface area contributed by atoms with Crippen molar-refractivity contribution >= 4 is 45.4 Å². The van der Waals surface area contributed by atoms with E-state index in [0.717, 1.165) is 5.69 Å². The summed E-state index contributed by atoms with van der Waals surface area (Å²) >= 11 is 11.7. The molecule has 0 saturated carbocycles. The number of anilines is 1. The molecule has 0 unspecified atom stereocenters. The Hall–Kier alpha value is -2.57. The molecule has 0 aliphatic carbocycles. The maximum Gasteiger partial charge on any atom is 0.265 e. The van der Waals surface area contributed by atoms with Crippen LogP contribution in [-0.2, 0) is 6.54 Å². The molecule has 1 aliphatic heterocycles. The van der Waals surface area contributed by atoms with Crippen LogP contribution in [0.2, 0.25) is 5.02 Å². The van der Waals surface area contributed by atoms with E-state index in [4.69, 9.17) is 28.6 Å². The van der Waals surface area contributed by atoms with Gasteiger partial charge in [0, 0.05) is 29.2 Å². The molecule has 2 heterocycles. The van der Waals surface area contributed by atoms with Gasteiger partial charge in [0.05, 0.1) is 12.1 Å². The fourth-order valence-corrected chi connectivity index (χ4v) is 3.70. The van der Waals surface area contributed by atoms with E-state index in [9.17, 15) is 9.90 Å². The number of para-hydroxylation sites is 1. The van der Waals surface area contributed by atoms with E-state index in [-0.39, 0.29) is 21.9 Å². The molecular formula is C19H15ClN2O3S. The van der Waals surface area contributed by atoms with Crippen LogP contribution in [-0.4, -0.2) is 28.3 Å². The zero-order chi connectivity index (χ0) is 18.4. The van der Waals surface area contributed by atoms with Crippen molar-refractivity contribution in [2.45, 2.75) is 6.54 Å². The minimum Gasteiger partial charge on any atom is -0.506 e. The first-order valence-corrected chi connectivity index (χ1v) is 8.82. The molecule has 132 valence electrons. The van der Waals surface area contributed by atoms with Gasteiger partial charge < -0.3 is 19.3 Å². The Labute approximate surface area is 160 Å². The Morgan fingerprint density at radius 1 is 1.31 bits per heavy atom. The molecule has 0 spiro atoms. The van der Waals surface area contributed by atoms with Crippen molar-refractivity contribution in [3.63, 3.8) is 0 Å². The first kappa shape index (κ1) is 16.9. The van der Waals surface area contributed by atoms with Gasteiger partial charge in [-0.15, -0.1) is 0 Å². The molecule has 0 radical (unpaired) electrons. The monoisotopic (exact) mass is 386 g/mol. The van der Waals surface area contributed by atoms with Crippen LogP contribution >= 0.6 is 23.8 Å². The van der Waals surface area contributed by atoms with Crippen molar-refractivity contribution in [2.75, 3.05) is 18.6 Å². The number of pyridine rings is 1. The standard InChI is InChI=1S/C19H15ClN2O3S/c1-21(12-5-3-2-4-6-12)19(26)15-17(23)13-9-11(20)10-14-16(13)22(18(15)24)7-8-25-14/h2-6,9-10,23H,7-8H2,1H3. The SMILES string of the molecule is CN(C(=S)c1c(O)c2cc(Cl)cc3c2n(c1=O)CCO3)c1ccccc1. The van der Waals surface area contributed by atoms with Crippen LogP contribution in [0.15, 0.2) is 47.3 Å². The molecule has 0 saturated heterocycles. The van der Waals surface area contributed by atoms with Gasteiger partial charge >= 0.3 is 0 Å². The second kappa shape index (κ2) is 6.30. The van der Waals surface area contributed by atoms with Gasteiger partial charge in [0.25, 0.3) is 5.56 Å². The number of hydrogen-bond acceptors (Lipinski definition) is 4. The molecule has 0 atom stereocenters. The summed E-state index contributed by atoms with van der Waals surface area (Å²) in [5.41, 5.74) is 1.12. The first-order chi connectivity index (χ1) is 12.5. The Morgan fingerprint density at radius 3 is 2.77 bits per heavy atom. The number of benzene rings is 2. The topological polar surface area (TPSA) is 54.7 Å². The molecule has 2 aromatic carbocycles. The summed E-state index contributed by atoms with van der Waals surface area (Å²) in [5.74, 6) is 0.309. The zero-order valence-corrected chi connectivity index (χ0v) is 15.5. The largest absolute Gasteiger partial charge is 0.506 e. The Balaban J connectivity index is 1.97. The Bertz CT molecular complexity index is 1100. The van der Waals surface area contributed by atoms with E-state index in [1.54, 1.807) is 28.6 Å².